The molecule has 0 aliphatic heterocycles. The van der Waals surface area contributed by atoms with Crippen molar-refractivity contribution in [3.05, 3.63) is 93.0 Å². The molecule has 3 aromatic rings. The molecule has 13 heteroatoms. The molecule has 40 heavy (non-hydrogen) atoms. The predicted molar refractivity (Wildman–Crippen MR) is 136 cm³/mol. The lowest BCUT2D eigenvalue weighted by Crippen LogP contribution is -2.13. The average Bonchev–Trinajstić information content (AvgIpc) is 2.92. The average molecular weight is 555 g/mol. The second kappa shape index (κ2) is 12.4. The monoisotopic (exact) mass is 555 g/mol. The van der Waals surface area contributed by atoms with Gasteiger partial charge in [-0.25, -0.2) is 4.79 Å². The Morgan fingerprint density at radius 1 is 1.05 bits per heavy atom. The summed E-state index contributed by atoms with van der Waals surface area (Å²) in [5.74, 6) is -1.73. The number of halogens is 3. The summed E-state index contributed by atoms with van der Waals surface area (Å²) in [6.07, 6.45) is -3.53. The Kier molecular flexibility index (Phi) is 9.08. The Bertz CT molecular complexity index is 1510. The highest BCUT2D eigenvalue weighted by atomic mass is 19.4. The molecule has 0 aliphatic rings. The first kappa shape index (κ1) is 29.2. The molecule has 206 valence electrons. The van der Waals surface area contributed by atoms with E-state index < -0.39 is 40.0 Å². The van der Waals surface area contributed by atoms with Gasteiger partial charge in [-0.05, 0) is 67.1 Å². The molecule has 0 atom stereocenters. The van der Waals surface area contributed by atoms with Gasteiger partial charge in [0.05, 0.1) is 29.8 Å². The number of carbonyl (C=O) groups is 2. The maximum atomic E-state index is 13.0. The number of esters is 1. The van der Waals surface area contributed by atoms with Gasteiger partial charge in [0.2, 0.25) is 5.75 Å². The molecular weight excluding hydrogens is 535 g/mol. The Labute approximate surface area is 225 Å². The largest absolute Gasteiger partial charge is 0.490 e. The number of hydrogen-bond acceptors (Lipinski definition) is 8. The molecule has 0 spiro atoms. The first-order valence-electron chi connectivity index (χ1n) is 11.4. The summed E-state index contributed by atoms with van der Waals surface area (Å²) in [5, 5.41) is 23.5. The molecule has 0 heterocycles. The van der Waals surface area contributed by atoms with Crippen LogP contribution in [0.15, 0.2) is 66.2 Å². The highest BCUT2D eigenvalue weighted by molar-refractivity contribution is 6.09. The second-order valence-corrected chi connectivity index (χ2v) is 7.87. The number of nitrogens with one attached hydrogen (secondary N) is 1. The predicted octanol–water partition coefficient (Wildman–Crippen LogP) is 6.14. The number of benzene rings is 3. The van der Waals surface area contributed by atoms with E-state index in [0.717, 1.165) is 6.07 Å². The number of anilines is 1. The highest BCUT2D eigenvalue weighted by Gasteiger charge is 2.33. The Balaban J connectivity index is 1.87. The number of nitro benzene ring substituents is 1. The number of nitrogens with zero attached hydrogens (tertiary/aromatic N) is 2. The van der Waals surface area contributed by atoms with Gasteiger partial charge in [-0.15, -0.1) is 0 Å². The molecule has 0 radical (unpaired) electrons. The zero-order valence-electron chi connectivity index (χ0n) is 20.9. The van der Waals surface area contributed by atoms with Crippen molar-refractivity contribution in [1.82, 2.24) is 0 Å². The third-order valence-electron chi connectivity index (χ3n) is 5.21. The number of alkyl halides is 3. The summed E-state index contributed by atoms with van der Waals surface area (Å²) < 4.78 is 54.7. The van der Waals surface area contributed by atoms with E-state index in [2.05, 4.69) is 10.1 Å². The minimum absolute atomic E-state index is 0.0458. The number of ether oxygens (including phenoxy) is 3. The number of nitro groups is 1. The highest BCUT2D eigenvalue weighted by Crippen LogP contribution is 2.40. The lowest BCUT2D eigenvalue weighted by molar-refractivity contribution is -0.385. The Morgan fingerprint density at radius 3 is 2.30 bits per heavy atom. The van der Waals surface area contributed by atoms with E-state index in [1.165, 1.54) is 55.7 Å². The van der Waals surface area contributed by atoms with Crippen molar-refractivity contribution in [2.45, 2.75) is 13.1 Å². The van der Waals surface area contributed by atoms with E-state index in [0.29, 0.717) is 23.4 Å². The molecule has 3 aromatic carbocycles. The minimum Gasteiger partial charge on any atom is -0.490 e. The third kappa shape index (κ3) is 7.13. The standard InChI is InChI=1S/C27H20F3N3O7/c1-3-39-24-13-16(12-18(15-31)25(34)32-20-8-5-17(6-9-20)26(35)38-2)4-10-23(24)40-22-11-7-19(27(28,29)30)14-21(22)33(36)37/h4-14H,3H2,1-2H3,(H,32,34)/b18-12+. The van der Waals surface area contributed by atoms with Crippen LogP contribution in [0, 0.1) is 21.4 Å². The molecule has 0 aromatic heterocycles. The normalized spacial score (nSPS) is 11.2. The van der Waals surface area contributed by atoms with Gasteiger partial charge < -0.3 is 19.5 Å². The molecule has 10 nitrogen and oxygen atoms in total. The van der Waals surface area contributed by atoms with Crippen molar-refractivity contribution in [3.63, 3.8) is 0 Å². The molecule has 1 N–H and O–H groups in total. The fourth-order valence-electron chi connectivity index (χ4n) is 3.33. The van der Waals surface area contributed by atoms with Gasteiger partial charge in [0.1, 0.15) is 11.6 Å². The third-order valence-corrected chi connectivity index (χ3v) is 5.21. The first-order valence-corrected chi connectivity index (χ1v) is 11.4. The molecule has 3 rings (SSSR count). The van der Waals surface area contributed by atoms with Crippen molar-refractivity contribution in [3.8, 4) is 23.3 Å². The number of hydrogen-bond donors (Lipinski definition) is 1. The van der Waals surface area contributed by atoms with Crippen molar-refractivity contribution in [2.24, 2.45) is 0 Å². The summed E-state index contributed by atoms with van der Waals surface area (Å²) in [4.78, 5) is 34.6. The molecular formula is C27H20F3N3O7. The molecule has 0 aliphatic carbocycles. The van der Waals surface area contributed by atoms with Gasteiger partial charge in [0.25, 0.3) is 5.91 Å². The second-order valence-electron chi connectivity index (χ2n) is 7.87. The van der Waals surface area contributed by atoms with Gasteiger partial charge in [-0.3, -0.25) is 14.9 Å². The zero-order valence-corrected chi connectivity index (χ0v) is 20.9. The molecule has 0 bridgehead atoms. The summed E-state index contributed by atoms with van der Waals surface area (Å²) in [6, 6.07) is 13.6. The van der Waals surface area contributed by atoms with Crippen LogP contribution in [0.4, 0.5) is 24.5 Å². The fraction of sp³-hybridized carbons (Fsp3) is 0.148. The van der Waals surface area contributed by atoms with E-state index in [-0.39, 0.29) is 29.2 Å². The minimum atomic E-state index is -4.79. The maximum absolute atomic E-state index is 13.0. The van der Waals surface area contributed by atoms with Gasteiger partial charge >= 0.3 is 17.8 Å². The number of carbonyl (C=O) groups excluding carboxylic acids is 2. The number of rotatable bonds is 9. The molecule has 0 saturated heterocycles. The van der Waals surface area contributed by atoms with Gasteiger partial charge in [-0.2, -0.15) is 18.4 Å². The lowest BCUT2D eigenvalue weighted by atomic mass is 10.1. The summed E-state index contributed by atoms with van der Waals surface area (Å²) in [7, 11) is 1.23. The van der Waals surface area contributed by atoms with Gasteiger partial charge in [-0.1, -0.05) is 6.07 Å². The van der Waals surface area contributed by atoms with Crippen molar-refractivity contribution < 1.29 is 41.9 Å². The Morgan fingerprint density at radius 2 is 1.73 bits per heavy atom. The summed E-state index contributed by atoms with van der Waals surface area (Å²) >= 11 is 0. The van der Waals surface area contributed by atoms with Crippen LogP contribution < -0.4 is 14.8 Å². The van der Waals surface area contributed by atoms with Crippen LogP contribution in [0.5, 0.6) is 17.2 Å². The fourth-order valence-corrected chi connectivity index (χ4v) is 3.33. The number of amides is 1. The topological polar surface area (TPSA) is 141 Å². The van der Waals surface area contributed by atoms with Crippen LogP contribution in [0.1, 0.15) is 28.4 Å². The maximum Gasteiger partial charge on any atom is 0.416 e. The van der Waals surface area contributed by atoms with E-state index >= 15 is 0 Å². The summed E-state index contributed by atoms with van der Waals surface area (Å²) in [5.41, 5.74) is -1.49. The Hall–Kier alpha value is -5.38. The van der Waals surface area contributed by atoms with Crippen LogP contribution >= 0.6 is 0 Å². The van der Waals surface area contributed by atoms with Crippen molar-refractivity contribution in [1.29, 1.82) is 5.26 Å². The van der Waals surface area contributed by atoms with E-state index in [9.17, 15) is 38.1 Å². The SMILES string of the molecule is CCOc1cc(/C=C(\C#N)C(=O)Nc2ccc(C(=O)OC)cc2)ccc1Oc1ccc(C(F)(F)F)cc1[N+](=O)[O-]. The number of methoxy groups -OCH3 is 1. The van der Waals surface area contributed by atoms with E-state index in [4.69, 9.17) is 9.47 Å². The van der Waals surface area contributed by atoms with Gasteiger partial charge in [0, 0.05) is 11.8 Å². The number of nitriles is 1. The van der Waals surface area contributed by atoms with Crippen LogP contribution in [0.25, 0.3) is 6.08 Å². The zero-order chi connectivity index (χ0) is 29.4. The van der Waals surface area contributed by atoms with Crippen LogP contribution in [-0.4, -0.2) is 30.5 Å². The molecule has 0 saturated carbocycles. The van der Waals surface area contributed by atoms with E-state index in [1.54, 1.807) is 13.0 Å². The lowest BCUT2D eigenvalue weighted by Gasteiger charge is -2.14. The quantitative estimate of drug-likeness (QED) is 0.109. The molecule has 0 unspecified atom stereocenters. The van der Waals surface area contributed by atoms with Crippen LogP contribution in [0.2, 0.25) is 0 Å². The first-order chi connectivity index (χ1) is 19.0. The van der Waals surface area contributed by atoms with Crippen molar-refractivity contribution >= 4 is 29.3 Å². The van der Waals surface area contributed by atoms with Crippen molar-refractivity contribution in [2.75, 3.05) is 19.0 Å². The van der Waals surface area contributed by atoms with E-state index in [1.807, 2.05) is 0 Å². The molecule has 1 amide bonds. The molecule has 0 fully saturated rings. The van der Waals surface area contributed by atoms with Gasteiger partial charge in [0.15, 0.2) is 11.5 Å². The van der Waals surface area contributed by atoms with Crippen LogP contribution in [0.3, 0.4) is 0 Å². The summed E-state index contributed by atoms with van der Waals surface area (Å²) in [6.45, 7) is 1.78. The smallest absolute Gasteiger partial charge is 0.416 e. The van der Waals surface area contributed by atoms with Crippen LogP contribution in [-0.2, 0) is 15.7 Å².